The summed E-state index contributed by atoms with van der Waals surface area (Å²) in [5.41, 5.74) is 8.26. The first-order valence-electron chi connectivity index (χ1n) is 6.36. The van der Waals surface area contributed by atoms with E-state index in [0.29, 0.717) is 12.5 Å². The van der Waals surface area contributed by atoms with E-state index < -0.39 is 0 Å². The first kappa shape index (κ1) is 14.3. The van der Waals surface area contributed by atoms with Crippen molar-refractivity contribution < 1.29 is 0 Å². The van der Waals surface area contributed by atoms with Crippen LogP contribution in [0.2, 0.25) is 5.02 Å². The fourth-order valence-corrected chi connectivity index (χ4v) is 2.96. The van der Waals surface area contributed by atoms with Gasteiger partial charge in [-0.15, -0.1) is 11.3 Å². The maximum absolute atomic E-state index is 5.91. The van der Waals surface area contributed by atoms with Crippen molar-refractivity contribution in [1.29, 1.82) is 0 Å². The van der Waals surface area contributed by atoms with E-state index in [-0.39, 0.29) is 0 Å². The maximum atomic E-state index is 5.91. The van der Waals surface area contributed by atoms with Crippen LogP contribution >= 0.6 is 22.9 Å². The Balaban J connectivity index is 2.26. The molecule has 19 heavy (non-hydrogen) atoms. The minimum Gasteiger partial charge on any atom is -0.327 e. The van der Waals surface area contributed by atoms with Crippen LogP contribution in [0.4, 0.5) is 0 Å². The van der Waals surface area contributed by atoms with Crippen LogP contribution in [-0.4, -0.2) is 6.54 Å². The SMILES string of the molecule is CC(C)C(=Cc1ccc(-c2ccc(Cl)cc2)s1)CN. The van der Waals surface area contributed by atoms with E-state index in [1.54, 1.807) is 11.3 Å². The third-order valence-corrected chi connectivity index (χ3v) is 4.39. The predicted octanol–water partition coefficient (Wildman–Crippen LogP) is 5.07. The fourth-order valence-electron chi connectivity index (χ4n) is 1.84. The summed E-state index contributed by atoms with van der Waals surface area (Å²) in [7, 11) is 0. The van der Waals surface area contributed by atoms with Crippen molar-refractivity contribution >= 4 is 29.0 Å². The first-order chi connectivity index (χ1) is 9.10. The minimum atomic E-state index is 0.492. The van der Waals surface area contributed by atoms with Crippen LogP contribution in [0, 0.1) is 5.92 Å². The predicted molar refractivity (Wildman–Crippen MR) is 86.6 cm³/mol. The van der Waals surface area contributed by atoms with E-state index in [4.69, 9.17) is 17.3 Å². The molecule has 0 radical (unpaired) electrons. The highest BCUT2D eigenvalue weighted by Gasteiger charge is 2.05. The highest BCUT2D eigenvalue weighted by molar-refractivity contribution is 7.16. The zero-order chi connectivity index (χ0) is 13.8. The summed E-state index contributed by atoms with van der Waals surface area (Å²) < 4.78 is 0. The standard InChI is InChI=1S/C16H18ClNS/c1-11(2)13(10-18)9-15-7-8-16(19-15)12-3-5-14(17)6-4-12/h3-9,11H,10,18H2,1-2H3. The van der Waals surface area contributed by atoms with Gasteiger partial charge in [0.1, 0.15) is 0 Å². The molecule has 0 saturated heterocycles. The van der Waals surface area contributed by atoms with Gasteiger partial charge in [0.15, 0.2) is 0 Å². The molecule has 3 heteroatoms. The number of halogens is 1. The lowest BCUT2D eigenvalue weighted by molar-refractivity contribution is 0.753. The molecule has 1 aromatic carbocycles. The van der Waals surface area contributed by atoms with Crippen molar-refractivity contribution in [2.75, 3.05) is 6.54 Å². The Labute approximate surface area is 123 Å². The zero-order valence-corrected chi connectivity index (χ0v) is 12.8. The molecule has 2 aromatic rings. The van der Waals surface area contributed by atoms with Gasteiger partial charge in [0.05, 0.1) is 0 Å². The molecule has 0 spiro atoms. The summed E-state index contributed by atoms with van der Waals surface area (Å²) in [5, 5.41) is 0.769. The number of rotatable bonds is 4. The normalized spacial score (nSPS) is 12.2. The zero-order valence-electron chi connectivity index (χ0n) is 11.2. The number of nitrogens with two attached hydrogens (primary N) is 1. The van der Waals surface area contributed by atoms with Gasteiger partial charge < -0.3 is 5.73 Å². The third kappa shape index (κ3) is 3.69. The van der Waals surface area contributed by atoms with Gasteiger partial charge in [-0.3, -0.25) is 0 Å². The van der Waals surface area contributed by atoms with Gasteiger partial charge in [0.25, 0.3) is 0 Å². The Morgan fingerprint density at radius 2 is 1.89 bits per heavy atom. The van der Waals surface area contributed by atoms with E-state index in [1.807, 2.05) is 24.3 Å². The Morgan fingerprint density at radius 1 is 1.21 bits per heavy atom. The number of benzene rings is 1. The van der Waals surface area contributed by atoms with Crippen LogP contribution in [0.15, 0.2) is 42.0 Å². The number of hydrogen-bond acceptors (Lipinski definition) is 2. The number of thiophene rings is 1. The van der Waals surface area contributed by atoms with Crippen molar-refractivity contribution in [2.45, 2.75) is 13.8 Å². The second-order valence-electron chi connectivity index (χ2n) is 4.79. The average Bonchev–Trinajstić information content (AvgIpc) is 2.85. The maximum Gasteiger partial charge on any atom is 0.0406 e. The lowest BCUT2D eigenvalue weighted by atomic mass is 10.0. The average molecular weight is 292 g/mol. The fraction of sp³-hybridized carbons (Fsp3) is 0.250. The lowest BCUT2D eigenvalue weighted by Gasteiger charge is -2.07. The highest BCUT2D eigenvalue weighted by atomic mass is 35.5. The summed E-state index contributed by atoms with van der Waals surface area (Å²) in [6.07, 6.45) is 2.20. The van der Waals surface area contributed by atoms with E-state index in [0.717, 1.165) is 5.02 Å². The smallest absolute Gasteiger partial charge is 0.0406 e. The van der Waals surface area contributed by atoms with E-state index in [9.17, 15) is 0 Å². The Morgan fingerprint density at radius 3 is 2.47 bits per heavy atom. The molecule has 0 aliphatic carbocycles. The Bertz CT molecular complexity index is 567. The molecule has 1 aromatic heterocycles. The first-order valence-corrected chi connectivity index (χ1v) is 7.56. The molecule has 2 rings (SSSR count). The second-order valence-corrected chi connectivity index (χ2v) is 6.34. The van der Waals surface area contributed by atoms with Gasteiger partial charge in [0.2, 0.25) is 0 Å². The van der Waals surface area contributed by atoms with Crippen LogP contribution in [-0.2, 0) is 0 Å². The van der Waals surface area contributed by atoms with Gasteiger partial charge >= 0.3 is 0 Å². The monoisotopic (exact) mass is 291 g/mol. The minimum absolute atomic E-state index is 0.492. The molecule has 0 amide bonds. The van der Waals surface area contributed by atoms with Crippen molar-refractivity contribution in [3.8, 4) is 10.4 Å². The molecule has 0 saturated carbocycles. The summed E-state index contributed by atoms with van der Waals surface area (Å²) in [5.74, 6) is 0.492. The Kier molecular flexibility index (Phi) is 4.81. The molecule has 1 heterocycles. The van der Waals surface area contributed by atoms with Crippen molar-refractivity contribution in [2.24, 2.45) is 11.7 Å². The Hall–Kier alpha value is -1.09. The molecule has 0 aliphatic rings. The molecule has 0 atom stereocenters. The molecule has 0 unspecified atom stereocenters. The molecular formula is C16H18ClNS. The second kappa shape index (κ2) is 6.38. The van der Waals surface area contributed by atoms with Gasteiger partial charge in [-0.1, -0.05) is 43.2 Å². The van der Waals surface area contributed by atoms with Crippen molar-refractivity contribution in [1.82, 2.24) is 0 Å². The molecule has 1 nitrogen and oxygen atoms in total. The van der Waals surface area contributed by atoms with Gasteiger partial charge in [0, 0.05) is 21.3 Å². The van der Waals surface area contributed by atoms with Crippen molar-refractivity contribution in [3.63, 3.8) is 0 Å². The topological polar surface area (TPSA) is 26.0 Å². The molecular weight excluding hydrogens is 274 g/mol. The summed E-state index contributed by atoms with van der Waals surface area (Å²) >= 11 is 7.68. The van der Waals surface area contributed by atoms with Crippen LogP contribution in [0.5, 0.6) is 0 Å². The lowest BCUT2D eigenvalue weighted by Crippen LogP contribution is -2.07. The summed E-state index contributed by atoms with van der Waals surface area (Å²) in [6, 6.07) is 12.2. The van der Waals surface area contributed by atoms with E-state index in [1.165, 1.54) is 20.9 Å². The van der Waals surface area contributed by atoms with E-state index in [2.05, 4.69) is 32.1 Å². The summed E-state index contributed by atoms with van der Waals surface area (Å²) in [6.45, 7) is 4.96. The quantitative estimate of drug-likeness (QED) is 0.836. The van der Waals surface area contributed by atoms with Crippen LogP contribution in [0.25, 0.3) is 16.5 Å². The van der Waals surface area contributed by atoms with Crippen LogP contribution in [0.3, 0.4) is 0 Å². The highest BCUT2D eigenvalue weighted by Crippen LogP contribution is 2.30. The molecule has 0 aliphatic heterocycles. The van der Waals surface area contributed by atoms with Crippen LogP contribution < -0.4 is 5.73 Å². The van der Waals surface area contributed by atoms with Gasteiger partial charge in [-0.25, -0.2) is 0 Å². The van der Waals surface area contributed by atoms with E-state index >= 15 is 0 Å². The summed E-state index contributed by atoms with van der Waals surface area (Å²) in [4.78, 5) is 2.50. The van der Waals surface area contributed by atoms with Gasteiger partial charge in [-0.2, -0.15) is 0 Å². The molecule has 0 bridgehead atoms. The molecule has 2 N–H and O–H groups in total. The molecule has 100 valence electrons. The largest absolute Gasteiger partial charge is 0.327 e. The van der Waals surface area contributed by atoms with Crippen LogP contribution in [0.1, 0.15) is 18.7 Å². The third-order valence-electron chi connectivity index (χ3n) is 3.06. The van der Waals surface area contributed by atoms with Gasteiger partial charge in [-0.05, 0) is 41.8 Å². The molecule has 0 fully saturated rings. The van der Waals surface area contributed by atoms with Crippen molar-refractivity contribution in [3.05, 3.63) is 51.9 Å². The number of hydrogen-bond donors (Lipinski definition) is 1.